The Balaban J connectivity index is 2.19. The van der Waals surface area contributed by atoms with Gasteiger partial charge in [-0.05, 0) is 30.3 Å². The molecule has 0 atom stereocenters. The van der Waals surface area contributed by atoms with Gasteiger partial charge in [0.05, 0.1) is 32.2 Å². The van der Waals surface area contributed by atoms with Crippen LogP contribution < -0.4 is 10.6 Å². The average Bonchev–Trinajstić information content (AvgIpc) is 2.67. The number of aromatic nitrogens is 1. The largest absolute Gasteiger partial charge is 0.466 e. The smallest absolute Gasteiger partial charge is 0.354 e. The van der Waals surface area contributed by atoms with E-state index in [1.165, 1.54) is 26.5 Å². The second-order valence-corrected chi connectivity index (χ2v) is 4.97. The predicted octanol–water partition coefficient (Wildman–Crippen LogP) is 1.98. The van der Waals surface area contributed by atoms with E-state index in [-0.39, 0.29) is 11.6 Å². The molecule has 2 N–H and O–H groups in total. The van der Waals surface area contributed by atoms with Crippen molar-refractivity contribution in [1.82, 2.24) is 4.98 Å². The molecule has 1 heterocycles. The number of carbonyl (C=O) groups is 3. The summed E-state index contributed by atoms with van der Waals surface area (Å²) in [6.07, 6.45) is 4.09. The van der Waals surface area contributed by atoms with Gasteiger partial charge in [0.15, 0.2) is 0 Å². The van der Waals surface area contributed by atoms with E-state index in [4.69, 9.17) is 0 Å². The molecule has 0 saturated heterocycles. The SMILES string of the molecule is COC(=O)/C=C(/Nc1cccc(C(=O)Nc2cccnc2)c1)C(=O)OC. The molecule has 0 aliphatic carbocycles. The summed E-state index contributed by atoms with van der Waals surface area (Å²) in [6.45, 7) is 0. The van der Waals surface area contributed by atoms with Crippen LogP contribution in [0, 0.1) is 0 Å². The number of esters is 2. The minimum Gasteiger partial charge on any atom is -0.466 e. The number of benzene rings is 1. The molecule has 0 aliphatic rings. The van der Waals surface area contributed by atoms with Gasteiger partial charge in [-0.25, -0.2) is 9.59 Å². The lowest BCUT2D eigenvalue weighted by Crippen LogP contribution is -2.16. The van der Waals surface area contributed by atoms with Gasteiger partial charge < -0.3 is 20.1 Å². The molecule has 2 rings (SSSR count). The summed E-state index contributed by atoms with van der Waals surface area (Å²) < 4.78 is 9.13. The van der Waals surface area contributed by atoms with Crippen molar-refractivity contribution < 1.29 is 23.9 Å². The Bertz CT molecular complexity index is 834. The molecule has 0 unspecified atom stereocenters. The third-order valence-electron chi connectivity index (χ3n) is 3.19. The van der Waals surface area contributed by atoms with Crippen LogP contribution in [0.1, 0.15) is 10.4 Å². The fourth-order valence-corrected chi connectivity index (χ4v) is 1.97. The van der Waals surface area contributed by atoms with Crippen LogP contribution in [-0.2, 0) is 19.1 Å². The van der Waals surface area contributed by atoms with Crippen molar-refractivity contribution in [2.24, 2.45) is 0 Å². The van der Waals surface area contributed by atoms with Crippen LogP contribution in [0.3, 0.4) is 0 Å². The van der Waals surface area contributed by atoms with E-state index in [1.807, 2.05) is 0 Å². The highest BCUT2D eigenvalue weighted by Crippen LogP contribution is 2.15. The highest BCUT2D eigenvalue weighted by atomic mass is 16.5. The summed E-state index contributed by atoms with van der Waals surface area (Å²) in [5, 5.41) is 5.45. The Kier molecular flexibility index (Phi) is 6.44. The first-order valence-electron chi connectivity index (χ1n) is 7.50. The number of methoxy groups -OCH3 is 2. The van der Waals surface area contributed by atoms with Gasteiger partial charge in [-0.2, -0.15) is 0 Å². The molecule has 0 radical (unpaired) electrons. The van der Waals surface area contributed by atoms with Gasteiger partial charge in [-0.3, -0.25) is 9.78 Å². The number of ether oxygens (including phenoxy) is 2. The quantitative estimate of drug-likeness (QED) is 0.603. The number of carbonyl (C=O) groups excluding carboxylic acids is 3. The van der Waals surface area contributed by atoms with E-state index in [0.29, 0.717) is 16.9 Å². The summed E-state index contributed by atoms with van der Waals surface area (Å²) in [5.41, 5.74) is 1.20. The fourth-order valence-electron chi connectivity index (χ4n) is 1.97. The predicted molar refractivity (Wildman–Crippen MR) is 94.4 cm³/mol. The summed E-state index contributed by atoms with van der Waals surface area (Å²) >= 11 is 0. The maximum Gasteiger partial charge on any atom is 0.354 e. The summed E-state index contributed by atoms with van der Waals surface area (Å²) in [4.78, 5) is 39.4. The number of anilines is 2. The molecule has 8 heteroatoms. The molecule has 134 valence electrons. The van der Waals surface area contributed by atoms with Crippen molar-refractivity contribution in [3.05, 3.63) is 66.1 Å². The van der Waals surface area contributed by atoms with Gasteiger partial charge in [-0.1, -0.05) is 6.07 Å². The molecule has 8 nitrogen and oxygen atoms in total. The Morgan fingerprint density at radius 2 is 1.77 bits per heavy atom. The van der Waals surface area contributed by atoms with Crippen LogP contribution >= 0.6 is 0 Å². The number of pyridine rings is 1. The van der Waals surface area contributed by atoms with Gasteiger partial charge in [0.25, 0.3) is 5.91 Å². The van der Waals surface area contributed by atoms with Crippen molar-refractivity contribution >= 4 is 29.2 Å². The fraction of sp³-hybridized carbons (Fsp3) is 0.111. The van der Waals surface area contributed by atoms with Crippen LogP contribution in [0.2, 0.25) is 0 Å². The standard InChI is InChI=1S/C18H17N3O5/c1-25-16(22)10-15(18(24)26-2)20-13-6-3-5-12(9-13)17(23)21-14-7-4-8-19-11-14/h3-11,20H,1-2H3,(H,21,23)/b15-10+. The molecule has 2 aromatic rings. The molecule has 0 saturated carbocycles. The van der Waals surface area contributed by atoms with E-state index in [0.717, 1.165) is 6.08 Å². The van der Waals surface area contributed by atoms with Gasteiger partial charge in [0, 0.05) is 17.4 Å². The van der Waals surface area contributed by atoms with E-state index < -0.39 is 11.9 Å². The summed E-state index contributed by atoms with van der Waals surface area (Å²) in [6, 6.07) is 9.82. The van der Waals surface area contributed by atoms with Crippen LogP contribution in [-0.4, -0.2) is 37.0 Å². The van der Waals surface area contributed by atoms with Gasteiger partial charge >= 0.3 is 11.9 Å². The topological polar surface area (TPSA) is 107 Å². The Hall–Kier alpha value is -3.68. The third kappa shape index (κ3) is 5.17. The average molecular weight is 355 g/mol. The van der Waals surface area contributed by atoms with Gasteiger partial charge in [-0.15, -0.1) is 0 Å². The van der Waals surface area contributed by atoms with Gasteiger partial charge in [0.2, 0.25) is 0 Å². The molecular formula is C18H17N3O5. The maximum atomic E-state index is 12.3. The first kappa shape index (κ1) is 18.7. The maximum absolute atomic E-state index is 12.3. The number of amides is 1. The Morgan fingerprint density at radius 3 is 2.42 bits per heavy atom. The van der Waals surface area contributed by atoms with E-state index >= 15 is 0 Å². The Labute approximate surface area is 149 Å². The molecule has 0 spiro atoms. The lowest BCUT2D eigenvalue weighted by atomic mass is 10.1. The van der Waals surface area contributed by atoms with Crippen molar-refractivity contribution in [3.8, 4) is 0 Å². The van der Waals surface area contributed by atoms with E-state index in [9.17, 15) is 14.4 Å². The highest BCUT2D eigenvalue weighted by molar-refractivity contribution is 6.05. The van der Waals surface area contributed by atoms with Crippen LogP contribution in [0.5, 0.6) is 0 Å². The van der Waals surface area contributed by atoms with Crippen molar-refractivity contribution in [2.45, 2.75) is 0 Å². The molecule has 1 aromatic carbocycles. The van der Waals surface area contributed by atoms with Crippen molar-refractivity contribution in [1.29, 1.82) is 0 Å². The number of nitrogens with zero attached hydrogens (tertiary/aromatic N) is 1. The molecule has 0 bridgehead atoms. The molecule has 0 aliphatic heterocycles. The summed E-state index contributed by atoms with van der Waals surface area (Å²) in [5.74, 6) is -1.82. The van der Waals surface area contributed by atoms with Crippen molar-refractivity contribution in [2.75, 3.05) is 24.9 Å². The zero-order chi connectivity index (χ0) is 18.9. The summed E-state index contributed by atoms with van der Waals surface area (Å²) in [7, 11) is 2.38. The normalized spacial score (nSPS) is 10.6. The number of hydrogen-bond donors (Lipinski definition) is 2. The minimum absolute atomic E-state index is 0.121. The molecule has 0 fully saturated rings. The van der Waals surface area contributed by atoms with E-state index in [1.54, 1.807) is 36.5 Å². The van der Waals surface area contributed by atoms with Crippen LogP contribution in [0.4, 0.5) is 11.4 Å². The lowest BCUT2D eigenvalue weighted by molar-refractivity contribution is -0.138. The van der Waals surface area contributed by atoms with Crippen molar-refractivity contribution in [3.63, 3.8) is 0 Å². The number of hydrogen-bond acceptors (Lipinski definition) is 7. The number of nitrogens with one attached hydrogen (secondary N) is 2. The monoisotopic (exact) mass is 355 g/mol. The third-order valence-corrected chi connectivity index (χ3v) is 3.19. The minimum atomic E-state index is -0.749. The molecular weight excluding hydrogens is 338 g/mol. The molecule has 26 heavy (non-hydrogen) atoms. The molecule has 1 amide bonds. The first-order valence-corrected chi connectivity index (χ1v) is 7.50. The zero-order valence-corrected chi connectivity index (χ0v) is 14.2. The zero-order valence-electron chi connectivity index (χ0n) is 14.2. The second-order valence-electron chi connectivity index (χ2n) is 4.97. The second kappa shape index (κ2) is 8.97. The Morgan fingerprint density at radius 1 is 1.00 bits per heavy atom. The van der Waals surface area contributed by atoms with Crippen LogP contribution in [0.25, 0.3) is 0 Å². The molecule has 1 aromatic heterocycles. The number of rotatable bonds is 6. The highest BCUT2D eigenvalue weighted by Gasteiger charge is 2.14. The first-order chi connectivity index (χ1) is 12.5. The van der Waals surface area contributed by atoms with Crippen LogP contribution in [0.15, 0.2) is 60.6 Å². The van der Waals surface area contributed by atoms with E-state index in [2.05, 4.69) is 25.1 Å². The lowest BCUT2D eigenvalue weighted by Gasteiger charge is -2.10. The van der Waals surface area contributed by atoms with Gasteiger partial charge in [0.1, 0.15) is 5.70 Å².